The lowest BCUT2D eigenvalue weighted by Crippen LogP contribution is -2.52. The minimum atomic E-state index is -0.129. The lowest BCUT2D eigenvalue weighted by Gasteiger charge is -2.37. The third kappa shape index (κ3) is 7.43. The molecule has 2 fully saturated rings. The van der Waals surface area contributed by atoms with Crippen molar-refractivity contribution >= 4 is 6.03 Å². The van der Waals surface area contributed by atoms with E-state index in [9.17, 15) is 4.79 Å². The molecule has 0 spiro atoms. The Kier molecular flexibility index (Phi) is 10.2. The van der Waals surface area contributed by atoms with Crippen molar-refractivity contribution in [3.8, 4) is 12.0 Å². The molecule has 2 saturated heterocycles. The summed E-state index contributed by atoms with van der Waals surface area (Å²) in [5.41, 5.74) is 1.11. The summed E-state index contributed by atoms with van der Waals surface area (Å²) in [4.78, 5) is 15.2. The molecule has 32 heavy (non-hydrogen) atoms. The highest BCUT2D eigenvalue weighted by molar-refractivity contribution is 5.74. The number of amides is 2. The molecule has 1 aromatic carbocycles. The molecule has 2 heterocycles. The summed E-state index contributed by atoms with van der Waals surface area (Å²) in [6, 6.07) is 10.4. The molecule has 0 aromatic heterocycles. The van der Waals surface area contributed by atoms with Crippen LogP contribution in [0.15, 0.2) is 30.3 Å². The van der Waals surface area contributed by atoms with Gasteiger partial charge in [-0.15, -0.1) is 0 Å². The monoisotopic (exact) mass is 441 g/mol. The average Bonchev–Trinajstić information content (AvgIpc) is 3.09. The first kappa shape index (κ1) is 24.4. The second kappa shape index (κ2) is 13.3. The van der Waals surface area contributed by atoms with Crippen LogP contribution in [0.2, 0.25) is 0 Å². The summed E-state index contributed by atoms with van der Waals surface area (Å²) in [6.07, 6.45) is 9.14. The van der Waals surface area contributed by atoms with Crippen LogP contribution in [0.1, 0.15) is 57.1 Å². The van der Waals surface area contributed by atoms with Gasteiger partial charge in [0.25, 0.3) is 0 Å². The number of piperidine rings is 1. The van der Waals surface area contributed by atoms with Crippen molar-refractivity contribution in [1.82, 2.24) is 15.5 Å². The predicted molar refractivity (Wildman–Crippen MR) is 127 cm³/mol. The number of nitrogens with one attached hydrogen (secondary N) is 2. The van der Waals surface area contributed by atoms with Gasteiger partial charge in [0, 0.05) is 51.7 Å². The van der Waals surface area contributed by atoms with E-state index in [0.717, 1.165) is 57.6 Å². The summed E-state index contributed by atoms with van der Waals surface area (Å²) in [5, 5.41) is 6.54. The molecule has 6 nitrogen and oxygen atoms in total. The van der Waals surface area contributed by atoms with Crippen LogP contribution in [-0.4, -0.2) is 56.9 Å². The van der Waals surface area contributed by atoms with Crippen LogP contribution in [0.3, 0.4) is 0 Å². The van der Waals surface area contributed by atoms with Gasteiger partial charge in [-0.25, -0.2) is 4.79 Å². The zero-order valence-corrected chi connectivity index (χ0v) is 19.6. The quantitative estimate of drug-likeness (QED) is 0.600. The fourth-order valence-electron chi connectivity index (χ4n) is 4.91. The van der Waals surface area contributed by atoms with E-state index in [0.29, 0.717) is 12.5 Å². The van der Waals surface area contributed by atoms with E-state index in [1.165, 1.54) is 12.8 Å². The zero-order chi connectivity index (χ0) is 22.6. The molecule has 1 aromatic rings. The summed E-state index contributed by atoms with van der Waals surface area (Å²) in [6.45, 7) is 5.67. The smallest absolute Gasteiger partial charge is 0.317 e. The van der Waals surface area contributed by atoms with Crippen LogP contribution in [0.5, 0.6) is 0 Å². The molecule has 2 aliphatic rings. The Hall–Kier alpha value is -2.23. The lowest BCUT2D eigenvalue weighted by molar-refractivity contribution is 0.0579. The van der Waals surface area contributed by atoms with E-state index in [2.05, 4.69) is 34.8 Å². The van der Waals surface area contributed by atoms with E-state index in [4.69, 9.17) is 9.47 Å². The molecule has 6 heteroatoms. The second-order valence-corrected chi connectivity index (χ2v) is 9.03. The molecule has 176 valence electrons. The van der Waals surface area contributed by atoms with Crippen LogP contribution in [0.4, 0.5) is 4.79 Å². The maximum absolute atomic E-state index is 13.2. The first-order chi connectivity index (χ1) is 15.7. The zero-order valence-electron chi connectivity index (χ0n) is 19.6. The van der Waals surface area contributed by atoms with Crippen molar-refractivity contribution in [2.75, 3.05) is 39.9 Å². The van der Waals surface area contributed by atoms with Crippen LogP contribution in [0, 0.1) is 23.9 Å². The first-order valence-electron chi connectivity index (χ1n) is 12.1. The van der Waals surface area contributed by atoms with Gasteiger partial charge in [-0.2, -0.15) is 0 Å². The number of urea groups is 1. The van der Waals surface area contributed by atoms with Gasteiger partial charge in [-0.1, -0.05) is 42.7 Å². The van der Waals surface area contributed by atoms with Crippen LogP contribution >= 0.6 is 0 Å². The number of nitrogens with zero attached hydrogens (tertiary/aromatic N) is 1. The largest absolute Gasteiger partial charge is 0.438 e. The highest BCUT2D eigenvalue weighted by Crippen LogP contribution is 2.32. The van der Waals surface area contributed by atoms with Gasteiger partial charge in [-0.05, 0) is 50.6 Å². The number of likely N-dealkylation sites (tertiary alicyclic amines) is 1. The van der Waals surface area contributed by atoms with Gasteiger partial charge in [0.1, 0.15) is 12.2 Å². The minimum absolute atomic E-state index is 0.0258. The van der Waals surface area contributed by atoms with Crippen molar-refractivity contribution in [3.05, 3.63) is 35.9 Å². The van der Waals surface area contributed by atoms with E-state index in [-0.39, 0.29) is 24.1 Å². The average molecular weight is 442 g/mol. The Morgan fingerprint density at radius 2 is 2.09 bits per heavy atom. The number of rotatable bonds is 8. The number of carbonyl (C=O) groups excluding carboxylic acids is 1. The SMILES string of the molecule is CC#CO[C@@H](c1ccccc1)[C@@H]1CCCN(C(=O)N[C@H](CNC)C[C@H]2CCCCOC2)C1. The summed E-state index contributed by atoms with van der Waals surface area (Å²) >= 11 is 0. The van der Waals surface area contributed by atoms with Gasteiger partial charge < -0.3 is 25.0 Å². The summed E-state index contributed by atoms with van der Waals surface area (Å²) < 4.78 is 11.7. The van der Waals surface area contributed by atoms with Crippen LogP contribution < -0.4 is 10.6 Å². The maximum Gasteiger partial charge on any atom is 0.317 e. The Morgan fingerprint density at radius 3 is 2.88 bits per heavy atom. The van der Waals surface area contributed by atoms with E-state index < -0.39 is 0 Å². The van der Waals surface area contributed by atoms with Crippen LogP contribution in [0.25, 0.3) is 0 Å². The second-order valence-electron chi connectivity index (χ2n) is 9.03. The van der Waals surface area contributed by atoms with E-state index >= 15 is 0 Å². The van der Waals surface area contributed by atoms with Gasteiger partial charge in [0.2, 0.25) is 0 Å². The van der Waals surface area contributed by atoms with Gasteiger partial charge in [-0.3, -0.25) is 0 Å². The van der Waals surface area contributed by atoms with Gasteiger partial charge in [0.05, 0.1) is 0 Å². The van der Waals surface area contributed by atoms with Crippen molar-refractivity contribution in [2.45, 2.75) is 57.6 Å². The molecular formula is C26H39N3O3. The highest BCUT2D eigenvalue weighted by atomic mass is 16.5. The molecule has 0 radical (unpaired) electrons. The Bertz CT molecular complexity index is 738. The lowest BCUT2D eigenvalue weighted by atomic mass is 9.88. The summed E-state index contributed by atoms with van der Waals surface area (Å²) in [7, 11) is 1.94. The first-order valence-corrected chi connectivity index (χ1v) is 12.1. The molecule has 4 atom stereocenters. The fraction of sp³-hybridized carbons (Fsp3) is 0.654. The number of likely N-dealkylation sites (N-methyl/N-ethyl adjacent to an activating group) is 1. The molecular weight excluding hydrogens is 402 g/mol. The molecule has 2 N–H and O–H groups in total. The minimum Gasteiger partial charge on any atom is -0.438 e. The molecule has 0 aliphatic carbocycles. The van der Waals surface area contributed by atoms with Crippen molar-refractivity contribution in [3.63, 3.8) is 0 Å². The molecule has 0 unspecified atom stereocenters. The number of ether oxygens (including phenoxy) is 2. The topological polar surface area (TPSA) is 62.8 Å². The Morgan fingerprint density at radius 1 is 1.25 bits per heavy atom. The number of benzene rings is 1. The molecule has 0 saturated carbocycles. The normalized spacial score (nSPS) is 23.2. The van der Waals surface area contributed by atoms with Crippen molar-refractivity contribution in [2.24, 2.45) is 11.8 Å². The highest BCUT2D eigenvalue weighted by Gasteiger charge is 2.32. The maximum atomic E-state index is 13.2. The van der Waals surface area contributed by atoms with Gasteiger partial charge >= 0.3 is 6.03 Å². The molecule has 2 aliphatic heterocycles. The van der Waals surface area contributed by atoms with E-state index in [1.54, 1.807) is 6.92 Å². The molecule has 2 amide bonds. The predicted octanol–water partition coefficient (Wildman–Crippen LogP) is 3.94. The number of carbonyl (C=O) groups is 1. The standard InChI is InChI=1S/C26H39N3O3/c1-3-15-32-25(22-11-5-4-6-12-22)23-13-9-14-29(19-23)26(30)28-24(18-27-2)17-21-10-7-8-16-31-20-21/h4-6,11-12,21,23-25,27H,7-10,13-14,16-20H2,1-2H3,(H,28,30)/t21-,23-,24+,25+/m1/s1. The van der Waals surface area contributed by atoms with Crippen molar-refractivity contribution < 1.29 is 14.3 Å². The fourth-order valence-corrected chi connectivity index (χ4v) is 4.91. The third-order valence-electron chi connectivity index (χ3n) is 6.49. The third-order valence-corrected chi connectivity index (χ3v) is 6.49. The number of hydrogen-bond acceptors (Lipinski definition) is 4. The Balaban J connectivity index is 1.61. The number of hydrogen-bond donors (Lipinski definition) is 2. The van der Waals surface area contributed by atoms with Crippen molar-refractivity contribution in [1.29, 1.82) is 0 Å². The van der Waals surface area contributed by atoms with Crippen LogP contribution in [-0.2, 0) is 9.47 Å². The van der Waals surface area contributed by atoms with E-state index in [1.807, 2.05) is 30.1 Å². The van der Waals surface area contributed by atoms with Gasteiger partial charge in [0.15, 0.2) is 0 Å². The molecule has 0 bridgehead atoms. The molecule has 3 rings (SSSR count). The Labute approximate surface area is 193 Å². The summed E-state index contributed by atoms with van der Waals surface area (Å²) in [5.74, 6) is 3.57.